The number of rotatable bonds is 3. The maximum atomic E-state index is 10.7. The van der Waals surface area contributed by atoms with Crippen molar-refractivity contribution in [2.24, 2.45) is 5.73 Å². The van der Waals surface area contributed by atoms with Gasteiger partial charge in [-0.15, -0.1) is 0 Å². The summed E-state index contributed by atoms with van der Waals surface area (Å²) in [5.74, 6) is -0.850. The quantitative estimate of drug-likeness (QED) is 0.499. The maximum Gasteiger partial charge on any atom is 0.307 e. The summed E-state index contributed by atoms with van der Waals surface area (Å²) in [6.45, 7) is 0. The van der Waals surface area contributed by atoms with Crippen LogP contribution in [0.25, 0.3) is 0 Å². The minimum atomic E-state index is -0.813. The summed E-state index contributed by atoms with van der Waals surface area (Å²) in [5, 5.41) is 2.32. The van der Waals surface area contributed by atoms with Crippen molar-refractivity contribution in [3.63, 3.8) is 0 Å². The number of amides is 1. The molecule has 5 nitrogen and oxygen atoms in total. The second kappa shape index (κ2) is 4.68. The zero-order valence-electron chi connectivity index (χ0n) is 6.59. The first-order chi connectivity index (χ1) is 5.11. The number of carbonyl (C=O) groups is 2. The van der Waals surface area contributed by atoms with Crippen molar-refractivity contribution < 1.29 is 14.3 Å². The van der Waals surface area contributed by atoms with Crippen molar-refractivity contribution in [3.8, 4) is 0 Å². The molecule has 3 N–H and O–H groups in total. The zero-order valence-corrected chi connectivity index (χ0v) is 6.59. The Labute approximate surface area is 64.9 Å². The number of nitrogens with one attached hydrogen (secondary N) is 1. The molecule has 0 heterocycles. The van der Waals surface area contributed by atoms with Gasteiger partial charge in [-0.25, -0.2) is 0 Å². The molecule has 0 saturated carbocycles. The minimum Gasteiger partial charge on any atom is -0.469 e. The van der Waals surface area contributed by atoms with Crippen LogP contribution in [0, 0.1) is 0 Å². The van der Waals surface area contributed by atoms with Crippen LogP contribution >= 0.6 is 0 Å². The third-order valence-electron chi connectivity index (χ3n) is 1.20. The van der Waals surface area contributed by atoms with E-state index in [0.717, 1.165) is 0 Å². The van der Waals surface area contributed by atoms with Crippen molar-refractivity contribution in [2.75, 3.05) is 14.2 Å². The highest BCUT2D eigenvalue weighted by Gasteiger charge is 2.15. The molecule has 0 bridgehead atoms. The van der Waals surface area contributed by atoms with E-state index in [2.05, 4.69) is 10.1 Å². The van der Waals surface area contributed by atoms with Crippen LogP contribution < -0.4 is 11.1 Å². The molecule has 1 atom stereocenters. The van der Waals surface area contributed by atoms with Crippen LogP contribution in [0.2, 0.25) is 0 Å². The highest BCUT2D eigenvalue weighted by atomic mass is 16.5. The van der Waals surface area contributed by atoms with Gasteiger partial charge in [0.25, 0.3) is 0 Å². The first-order valence-corrected chi connectivity index (χ1v) is 3.15. The van der Waals surface area contributed by atoms with Crippen molar-refractivity contribution >= 4 is 11.9 Å². The van der Waals surface area contributed by atoms with E-state index < -0.39 is 12.0 Å². The van der Waals surface area contributed by atoms with Gasteiger partial charge in [0.15, 0.2) is 0 Å². The number of likely N-dealkylation sites (N-methyl/N-ethyl adjacent to an activating group) is 1. The van der Waals surface area contributed by atoms with Crippen LogP contribution in [0.3, 0.4) is 0 Å². The molecule has 0 fully saturated rings. The summed E-state index contributed by atoms with van der Waals surface area (Å²) in [6.07, 6.45) is -0.0871. The fourth-order valence-corrected chi connectivity index (χ4v) is 0.541. The molecule has 5 heteroatoms. The van der Waals surface area contributed by atoms with E-state index in [0.29, 0.717) is 0 Å². The van der Waals surface area contributed by atoms with Crippen molar-refractivity contribution in [1.29, 1.82) is 0 Å². The zero-order chi connectivity index (χ0) is 8.85. The fraction of sp³-hybridized carbons (Fsp3) is 0.667. The van der Waals surface area contributed by atoms with Gasteiger partial charge in [0.2, 0.25) is 5.91 Å². The van der Waals surface area contributed by atoms with Gasteiger partial charge in [0, 0.05) is 7.05 Å². The molecule has 64 valence electrons. The highest BCUT2D eigenvalue weighted by Crippen LogP contribution is 1.89. The Hall–Kier alpha value is -1.10. The second-order valence-electron chi connectivity index (χ2n) is 2.00. The molecular formula is C6H12N2O3. The van der Waals surface area contributed by atoms with Crippen molar-refractivity contribution in [3.05, 3.63) is 0 Å². The average molecular weight is 160 g/mol. The predicted octanol–water partition coefficient (Wildman–Crippen LogP) is -1.38. The molecule has 0 aliphatic carbocycles. The Bertz CT molecular complexity index is 158. The standard InChI is InChI=1S/C6H12N2O3/c1-8-6(10)4(7)3-5(9)11-2/h4H,3,7H2,1-2H3,(H,8,10)/t4-/m1/s1. The van der Waals surface area contributed by atoms with Crippen LogP contribution in [0.15, 0.2) is 0 Å². The molecule has 0 unspecified atom stereocenters. The third-order valence-corrected chi connectivity index (χ3v) is 1.20. The van der Waals surface area contributed by atoms with Gasteiger partial charge in [-0.2, -0.15) is 0 Å². The van der Waals surface area contributed by atoms with Crippen molar-refractivity contribution in [1.82, 2.24) is 5.32 Å². The summed E-state index contributed by atoms with van der Waals surface area (Å²) in [4.78, 5) is 21.3. The van der Waals surface area contributed by atoms with E-state index in [4.69, 9.17) is 5.73 Å². The molecule has 1 amide bonds. The molecule has 0 rings (SSSR count). The van der Waals surface area contributed by atoms with E-state index in [1.54, 1.807) is 0 Å². The second-order valence-corrected chi connectivity index (χ2v) is 2.00. The number of hydrogen-bond donors (Lipinski definition) is 2. The van der Waals surface area contributed by atoms with E-state index in [-0.39, 0.29) is 12.3 Å². The first kappa shape index (κ1) is 9.90. The van der Waals surface area contributed by atoms with E-state index in [9.17, 15) is 9.59 Å². The van der Waals surface area contributed by atoms with Gasteiger partial charge >= 0.3 is 5.97 Å². The molecule has 0 radical (unpaired) electrons. The summed E-state index contributed by atoms with van der Waals surface area (Å²) in [5.41, 5.74) is 5.29. The molecule has 0 aliphatic rings. The summed E-state index contributed by atoms with van der Waals surface area (Å²) >= 11 is 0. The van der Waals surface area contributed by atoms with Crippen LogP contribution in [0.1, 0.15) is 6.42 Å². The molecular weight excluding hydrogens is 148 g/mol. The molecule has 0 saturated heterocycles. The molecule has 0 aromatic carbocycles. The highest BCUT2D eigenvalue weighted by molar-refractivity contribution is 5.86. The molecule has 0 aromatic rings. The minimum absolute atomic E-state index is 0.0871. The molecule has 0 aliphatic heterocycles. The summed E-state index contributed by atoms with van der Waals surface area (Å²) in [7, 11) is 2.71. The van der Waals surface area contributed by atoms with E-state index in [1.165, 1.54) is 14.2 Å². The number of hydrogen-bond acceptors (Lipinski definition) is 4. The first-order valence-electron chi connectivity index (χ1n) is 3.15. The predicted molar refractivity (Wildman–Crippen MR) is 38.7 cm³/mol. The fourth-order valence-electron chi connectivity index (χ4n) is 0.541. The number of carbonyl (C=O) groups excluding carboxylic acids is 2. The number of esters is 1. The van der Waals surface area contributed by atoms with Gasteiger partial charge in [-0.1, -0.05) is 0 Å². The van der Waals surface area contributed by atoms with Gasteiger partial charge < -0.3 is 15.8 Å². The smallest absolute Gasteiger partial charge is 0.307 e. The van der Waals surface area contributed by atoms with Gasteiger partial charge in [-0.05, 0) is 0 Å². The molecule has 0 aromatic heterocycles. The van der Waals surface area contributed by atoms with Gasteiger partial charge in [0.05, 0.1) is 19.6 Å². The lowest BCUT2D eigenvalue weighted by Crippen LogP contribution is -2.40. The maximum absolute atomic E-state index is 10.7. The molecule has 0 spiro atoms. The number of methoxy groups -OCH3 is 1. The Morgan fingerprint density at radius 1 is 1.64 bits per heavy atom. The Balaban J connectivity index is 3.77. The summed E-state index contributed by atoms with van der Waals surface area (Å²) < 4.78 is 4.32. The van der Waals surface area contributed by atoms with Crippen LogP contribution in [0.5, 0.6) is 0 Å². The molecule has 11 heavy (non-hydrogen) atoms. The summed E-state index contributed by atoms with van der Waals surface area (Å²) in [6, 6.07) is -0.813. The topological polar surface area (TPSA) is 81.4 Å². The lowest BCUT2D eigenvalue weighted by Gasteiger charge is -2.07. The lowest BCUT2D eigenvalue weighted by atomic mass is 10.2. The van der Waals surface area contributed by atoms with Crippen LogP contribution in [0.4, 0.5) is 0 Å². The number of nitrogens with two attached hydrogens (primary N) is 1. The van der Waals surface area contributed by atoms with E-state index in [1.807, 2.05) is 0 Å². The van der Waals surface area contributed by atoms with E-state index >= 15 is 0 Å². The Morgan fingerprint density at radius 3 is 2.55 bits per heavy atom. The van der Waals surface area contributed by atoms with Crippen LogP contribution in [-0.4, -0.2) is 32.1 Å². The third kappa shape index (κ3) is 3.57. The SMILES string of the molecule is CNC(=O)[C@H](N)CC(=O)OC. The Kier molecular flexibility index (Phi) is 4.21. The monoisotopic (exact) mass is 160 g/mol. The van der Waals surface area contributed by atoms with Crippen molar-refractivity contribution in [2.45, 2.75) is 12.5 Å². The Morgan fingerprint density at radius 2 is 2.18 bits per heavy atom. The average Bonchev–Trinajstić information content (AvgIpc) is 2.02. The van der Waals surface area contributed by atoms with Gasteiger partial charge in [0.1, 0.15) is 0 Å². The lowest BCUT2D eigenvalue weighted by molar-refractivity contribution is -0.142. The van der Waals surface area contributed by atoms with Gasteiger partial charge in [-0.3, -0.25) is 9.59 Å². The number of ether oxygens (including phenoxy) is 1. The van der Waals surface area contributed by atoms with Crippen LogP contribution in [-0.2, 0) is 14.3 Å². The largest absolute Gasteiger partial charge is 0.469 e. The normalized spacial score (nSPS) is 11.9.